The summed E-state index contributed by atoms with van der Waals surface area (Å²) in [6.45, 7) is 1.97. The van der Waals surface area contributed by atoms with Crippen LogP contribution >= 0.6 is 0 Å². The summed E-state index contributed by atoms with van der Waals surface area (Å²) in [5.41, 5.74) is 2.93. The van der Waals surface area contributed by atoms with E-state index >= 15 is 0 Å². The average molecular weight is 443 g/mol. The first-order valence-electron chi connectivity index (χ1n) is 10.1. The lowest BCUT2D eigenvalue weighted by Crippen LogP contribution is -2.14. The molecular weight excluding hydrogens is 422 g/mol. The lowest BCUT2D eigenvalue weighted by Gasteiger charge is -2.12. The number of carbonyl (C=O) groups excluding carboxylic acids is 2. The number of carbonyl (C=O) groups is 2. The number of hydrogen-bond donors (Lipinski definition) is 1. The van der Waals surface area contributed by atoms with Crippen molar-refractivity contribution in [2.24, 2.45) is 0 Å². The molecule has 4 aromatic rings. The van der Waals surface area contributed by atoms with E-state index in [-0.39, 0.29) is 22.4 Å². The van der Waals surface area contributed by atoms with Crippen LogP contribution in [0.5, 0.6) is 5.75 Å². The van der Waals surface area contributed by atoms with Gasteiger partial charge in [0.2, 0.25) is 5.76 Å². The number of hydrogen-bond acceptors (Lipinski definition) is 6. The average Bonchev–Trinajstić information content (AvgIpc) is 2.83. The van der Waals surface area contributed by atoms with Gasteiger partial charge in [-0.25, -0.2) is 4.79 Å². The second-order valence-corrected chi connectivity index (χ2v) is 7.42. The molecule has 0 aliphatic carbocycles. The fourth-order valence-electron chi connectivity index (χ4n) is 3.48. The van der Waals surface area contributed by atoms with E-state index < -0.39 is 17.3 Å². The molecule has 7 heteroatoms. The summed E-state index contributed by atoms with van der Waals surface area (Å²) >= 11 is 0. The molecular formula is C26H21NO6. The van der Waals surface area contributed by atoms with E-state index in [1.807, 2.05) is 31.2 Å². The van der Waals surface area contributed by atoms with Gasteiger partial charge in [-0.1, -0.05) is 29.8 Å². The number of fused-ring (bicyclic) bond motifs is 1. The Kier molecular flexibility index (Phi) is 5.95. The van der Waals surface area contributed by atoms with Gasteiger partial charge < -0.3 is 19.2 Å². The van der Waals surface area contributed by atoms with Crippen molar-refractivity contribution in [3.8, 4) is 16.9 Å². The smallest absolute Gasteiger partial charge is 0.374 e. The van der Waals surface area contributed by atoms with Crippen LogP contribution in [0.2, 0.25) is 0 Å². The van der Waals surface area contributed by atoms with Crippen molar-refractivity contribution >= 4 is 28.5 Å². The van der Waals surface area contributed by atoms with Gasteiger partial charge in [0.1, 0.15) is 5.75 Å². The number of esters is 1. The first kappa shape index (κ1) is 21.8. The van der Waals surface area contributed by atoms with Gasteiger partial charge in [0.15, 0.2) is 11.0 Å². The molecule has 0 spiro atoms. The van der Waals surface area contributed by atoms with Crippen LogP contribution in [0.3, 0.4) is 0 Å². The van der Waals surface area contributed by atoms with Crippen molar-refractivity contribution in [2.45, 2.75) is 6.92 Å². The van der Waals surface area contributed by atoms with E-state index in [1.54, 1.807) is 43.5 Å². The van der Waals surface area contributed by atoms with E-state index in [4.69, 9.17) is 9.15 Å². The molecule has 0 fully saturated rings. The molecule has 0 atom stereocenters. The minimum absolute atomic E-state index is 0.0844. The summed E-state index contributed by atoms with van der Waals surface area (Å²) in [6.07, 6.45) is 0. The molecule has 0 aliphatic heterocycles. The van der Waals surface area contributed by atoms with Crippen molar-refractivity contribution < 1.29 is 23.5 Å². The van der Waals surface area contributed by atoms with E-state index in [2.05, 4.69) is 10.1 Å². The maximum absolute atomic E-state index is 13.0. The number of amides is 1. The third-order valence-corrected chi connectivity index (χ3v) is 5.17. The van der Waals surface area contributed by atoms with Gasteiger partial charge in [-0.2, -0.15) is 0 Å². The topological polar surface area (TPSA) is 94.8 Å². The Morgan fingerprint density at radius 2 is 1.67 bits per heavy atom. The zero-order valence-electron chi connectivity index (χ0n) is 18.3. The third kappa shape index (κ3) is 4.48. The zero-order chi connectivity index (χ0) is 23.5. The number of nitrogens with one attached hydrogen (secondary N) is 1. The van der Waals surface area contributed by atoms with Crippen LogP contribution in [0.25, 0.3) is 22.1 Å². The Morgan fingerprint density at radius 3 is 2.33 bits per heavy atom. The quantitative estimate of drug-likeness (QED) is 0.445. The first-order valence-corrected chi connectivity index (χ1v) is 10.1. The Balaban J connectivity index is 1.88. The number of ether oxygens (including phenoxy) is 2. The lowest BCUT2D eigenvalue weighted by atomic mass is 10.0. The highest BCUT2D eigenvalue weighted by molar-refractivity contribution is 6.09. The van der Waals surface area contributed by atoms with Gasteiger partial charge in [0, 0.05) is 11.6 Å². The summed E-state index contributed by atoms with van der Waals surface area (Å²) in [7, 11) is 2.73. The normalized spacial score (nSPS) is 10.6. The fraction of sp³-hybridized carbons (Fsp3) is 0.115. The SMILES string of the molecule is COC(=O)c1cc(=O)c2cc(-c3cccc(C)c3)cc(NC(=O)c3ccc(OC)cc3)c2o1. The summed E-state index contributed by atoms with van der Waals surface area (Å²) in [4.78, 5) is 37.8. The van der Waals surface area contributed by atoms with Crippen LogP contribution in [-0.2, 0) is 4.74 Å². The van der Waals surface area contributed by atoms with Crippen molar-refractivity contribution in [3.63, 3.8) is 0 Å². The Bertz CT molecular complexity index is 1420. The highest BCUT2D eigenvalue weighted by atomic mass is 16.5. The van der Waals surface area contributed by atoms with Gasteiger partial charge >= 0.3 is 5.97 Å². The fourth-order valence-corrected chi connectivity index (χ4v) is 3.48. The van der Waals surface area contributed by atoms with E-state index in [1.165, 1.54) is 7.11 Å². The third-order valence-electron chi connectivity index (χ3n) is 5.17. The molecule has 0 saturated carbocycles. The molecule has 33 heavy (non-hydrogen) atoms. The second kappa shape index (κ2) is 9.00. The summed E-state index contributed by atoms with van der Waals surface area (Å²) < 4.78 is 15.5. The van der Waals surface area contributed by atoms with Crippen LogP contribution < -0.4 is 15.5 Å². The minimum Gasteiger partial charge on any atom is -0.497 e. The van der Waals surface area contributed by atoms with Crippen LogP contribution in [0.1, 0.15) is 26.5 Å². The molecule has 7 nitrogen and oxygen atoms in total. The van der Waals surface area contributed by atoms with Crippen molar-refractivity contribution in [3.05, 3.63) is 93.8 Å². The predicted octanol–water partition coefficient (Wildman–Crippen LogP) is 4.82. The Morgan fingerprint density at radius 1 is 0.909 bits per heavy atom. The van der Waals surface area contributed by atoms with Crippen molar-refractivity contribution in [1.29, 1.82) is 0 Å². The summed E-state index contributed by atoms with van der Waals surface area (Å²) in [6, 6.07) is 18.8. The van der Waals surface area contributed by atoms with Crippen LogP contribution in [0.15, 0.2) is 75.9 Å². The Hall–Kier alpha value is -4.39. The maximum Gasteiger partial charge on any atom is 0.374 e. The van der Waals surface area contributed by atoms with E-state index in [0.717, 1.165) is 17.2 Å². The Labute approximate surface area is 189 Å². The predicted molar refractivity (Wildman–Crippen MR) is 125 cm³/mol. The number of methoxy groups -OCH3 is 2. The second-order valence-electron chi connectivity index (χ2n) is 7.42. The molecule has 0 saturated heterocycles. The number of anilines is 1. The summed E-state index contributed by atoms with van der Waals surface area (Å²) in [5.74, 6) is -0.832. The number of benzene rings is 3. The van der Waals surface area contributed by atoms with Crippen LogP contribution in [0.4, 0.5) is 5.69 Å². The molecule has 166 valence electrons. The first-order chi connectivity index (χ1) is 15.9. The van der Waals surface area contributed by atoms with Crippen LogP contribution in [0, 0.1) is 6.92 Å². The standard InChI is InChI=1S/C26H21NO6/c1-15-5-4-6-17(11-15)18-12-20-22(28)14-23(26(30)32-3)33-24(20)21(13-18)27-25(29)16-7-9-19(31-2)10-8-16/h4-14H,1-3H3,(H,27,29). The largest absolute Gasteiger partial charge is 0.497 e. The summed E-state index contributed by atoms with van der Waals surface area (Å²) in [5, 5.41) is 3.04. The van der Waals surface area contributed by atoms with Gasteiger partial charge in [-0.15, -0.1) is 0 Å². The molecule has 1 heterocycles. The monoisotopic (exact) mass is 443 g/mol. The molecule has 0 unspecified atom stereocenters. The van der Waals surface area contributed by atoms with Crippen molar-refractivity contribution in [1.82, 2.24) is 0 Å². The molecule has 1 amide bonds. The maximum atomic E-state index is 13.0. The van der Waals surface area contributed by atoms with Crippen LogP contribution in [-0.4, -0.2) is 26.1 Å². The molecule has 1 N–H and O–H groups in total. The molecule has 3 aromatic carbocycles. The lowest BCUT2D eigenvalue weighted by molar-refractivity contribution is 0.0565. The highest BCUT2D eigenvalue weighted by Gasteiger charge is 2.18. The van der Waals surface area contributed by atoms with E-state index in [9.17, 15) is 14.4 Å². The number of aryl methyl sites for hydroxylation is 1. The van der Waals surface area contributed by atoms with Gasteiger partial charge in [-0.3, -0.25) is 9.59 Å². The molecule has 0 radical (unpaired) electrons. The van der Waals surface area contributed by atoms with Gasteiger partial charge in [0.05, 0.1) is 25.3 Å². The highest BCUT2D eigenvalue weighted by Crippen LogP contribution is 2.31. The van der Waals surface area contributed by atoms with Gasteiger partial charge in [-0.05, 0) is 54.4 Å². The molecule has 0 aliphatic rings. The number of rotatable bonds is 5. The molecule has 1 aromatic heterocycles. The van der Waals surface area contributed by atoms with Gasteiger partial charge in [0.25, 0.3) is 5.91 Å². The molecule has 4 rings (SSSR count). The zero-order valence-corrected chi connectivity index (χ0v) is 18.3. The minimum atomic E-state index is -0.788. The van der Waals surface area contributed by atoms with E-state index in [0.29, 0.717) is 16.9 Å². The molecule has 0 bridgehead atoms. The van der Waals surface area contributed by atoms with Crippen molar-refractivity contribution in [2.75, 3.05) is 19.5 Å².